The van der Waals surface area contributed by atoms with E-state index in [9.17, 15) is 0 Å². The zero-order valence-electron chi connectivity index (χ0n) is 11.9. The molecule has 2 rings (SSSR count). The van der Waals surface area contributed by atoms with E-state index in [2.05, 4.69) is 49.9 Å². The van der Waals surface area contributed by atoms with E-state index in [1.807, 2.05) is 0 Å². The van der Waals surface area contributed by atoms with Crippen molar-refractivity contribution in [2.45, 2.75) is 45.7 Å². The number of nitrogens with two attached hydrogens (primary N) is 1. The molecule has 1 heterocycles. The quantitative estimate of drug-likeness (QED) is 0.888. The number of benzene rings is 1. The first-order valence-electron chi connectivity index (χ1n) is 7.14. The molecule has 0 spiro atoms. The first kappa shape index (κ1) is 13.6. The largest absolute Gasteiger partial charge is 0.329 e. The summed E-state index contributed by atoms with van der Waals surface area (Å²) in [5.74, 6) is 0.854. The Morgan fingerprint density at radius 2 is 2.17 bits per heavy atom. The molecule has 1 saturated heterocycles. The molecule has 18 heavy (non-hydrogen) atoms. The lowest BCUT2D eigenvalue weighted by atomic mass is 9.90. The van der Waals surface area contributed by atoms with E-state index >= 15 is 0 Å². The molecule has 100 valence electrons. The van der Waals surface area contributed by atoms with E-state index < -0.39 is 0 Å². The van der Waals surface area contributed by atoms with Crippen molar-refractivity contribution in [2.24, 2.45) is 11.7 Å². The average Bonchev–Trinajstić information content (AvgIpc) is 2.33. The number of likely N-dealkylation sites (tertiary alicyclic amines) is 1. The standard InChI is InChI=1S/C16H26N2/c1-12-5-4-6-15(10-12)16(11-17)18-8-7-13(2)9-14(18)3/h4-6,10,13-14,16H,7-9,11,17H2,1-3H3. The molecule has 1 aromatic carbocycles. The van der Waals surface area contributed by atoms with Gasteiger partial charge in [0.25, 0.3) is 0 Å². The van der Waals surface area contributed by atoms with Gasteiger partial charge >= 0.3 is 0 Å². The molecule has 0 amide bonds. The van der Waals surface area contributed by atoms with Crippen molar-refractivity contribution in [3.05, 3.63) is 35.4 Å². The zero-order chi connectivity index (χ0) is 13.1. The second kappa shape index (κ2) is 5.85. The fourth-order valence-electron chi connectivity index (χ4n) is 3.23. The van der Waals surface area contributed by atoms with E-state index in [0.29, 0.717) is 18.6 Å². The van der Waals surface area contributed by atoms with Crippen LogP contribution in [0.15, 0.2) is 24.3 Å². The number of aryl methyl sites for hydroxylation is 1. The lowest BCUT2D eigenvalue weighted by Crippen LogP contribution is -2.44. The number of rotatable bonds is 3. The molecule has 1 aromatic rings. The molecule has 0 bridgehead atoms. The summed E-state index contributed by atoms with van der Waals surface area (Å²) >= 11 is 0. The maximum absolute atomic E-state index is 6.04. The van der Waals surface area contributed by atoms with Crippen LogP contribution in [0.1, 0.15) is 43.9 Å². The van der Waals surface area contributed by atoms with Gasteiger partial charge < -0.3 is 5.73 Å². The lowest BCUT2D eigenvalue weighted by molar-refractivity contribution is 0.0847. The molecule has 3 unspecified atom stereocenters. The van der Waals surface area contributed by atoms with Crippen LogP contribution in [0.5, 0.6) is 0 Å². The van der Waals surface area contributed by atoms with E-state index in [4.69, 9.17) is 5.73 Å². The number of hydrogen-bond donors (Lipinski definition) is 1. The molecule has 0 radical (unpaired) electrons. The third-order valence-electron chi connectivity index (χ3n) is 4.24. The fraction of sp³-hybridized carbons (Fsp3) is 0.625. The smallest absolute Gasteiger partial charge is 0.0473 e. The van der Waals surface area contributed by atoms with E-state index in [-0.39, 0.29) is 0 Å². The summed E-state index contributed by atoms with van der Waals surface area (Å²) in [7, 11) is 0. The molecule has 1 aliphatic heterocycles. The third-order valence-corrected chi connectivity index (χ3v) is 4.24. The van der Waals surface area contributed by atoms with Crippen LogP contribution in [-0.2, 0) is 0 Å². The minimum Gasteiger partial charge on any atom is -0.329 e. The normalized spacial score (nSPS) is 27.1. The van der Waals surface area contributed by atoms with Gasteiger partial charge in [0.05, 0.1) is 0 Å². The summed E-state index contributed by atoms with van der Waals surface area (Å²) in [5, 5.41) is 0. The van der Waals surface area contributed by atoms with Crippen molar-refractivity contribution in [1.29, 1.82) is 0 Å². The maximum Gasteiger partial charge on any atom is 0.0473 e. The number of nitrogens with zero attached hydrogens (tertiary/aromatic N) is 1. The van der Waals surface area contributed by atoms with Crippen LogP contribution in [0.2, 0.25) is 0 Å². The lowest BCUT2D eigenvalue weighted by Gasteiger charge is -2.41. The summed E-state index contributed by atoms with van der Waals surface area (Å²) in [4.78, 5) is 2.59. The van der Waals surface area contributed by atoms with Gasteiger partial charge in [-0.15, -0.1) is 0 Å². The summed E-state index contributed by atoms with van der Waals surface area (Å²) in [5.41, 5.74) is 8.74. The molecular weight excluding hydrogens is 220 g/mol. The van der Waals surface area contributed by atoms with Gasteiger partial charge in [-0.05, 0) is 44.7 Å². The first-order valence-corrected chi connectivity index (χ1v) is 7.14. The molecule has 0 aromatic heterocycles. The number of piperidine rings is 1. The Morgan fingerprint density at radius 1 is 1.39 bits per heavy atom. The SMILES string of the molecule is Cc1cccc(C(CN)N2CCC(C)CC2C)c1. The molecule has 2 heteroatoms. The minimum atomic E-state index is 0.382. The summed E-state index contributed by atoms with van der Waals surface area (Å²) in [6.45, 7) is 8.74. The van der Waals surface area contributed by atoms with Crippen molar-refractivity contribution in [3.8, 4) is 0 Å². The van der Waals surface area contributed by atoms with E-state index in [1.165, 1.54) is 30.5 Å². The molecule has 2 N–H and O–H groups in total. The molecular formula is C16H26N2. The van der Waals surface area contributed by atoms with Crippen LogP contribution in [0, 0.1) is 12.8 Å². The zero-order valence-corrected chi connectivity index (χ0v) is 11.9. The van der Waals surface area contributed by atoms with Gasteiger partial charge in [0.15, 0.2) is 0 Å². The Labute approximate surface area is 111 Å². The van der Waals surface area contributed by atoms with Crippen LogP contribution in [0.25, 0.3) is 0 Å². The minimum absolute atomic E-state index is 0.382. The Hall–Kier alpha value is -0.860. The van der Waals surface area contributed by atoms with Crippen LogP contribution in [-0.4, -0.2) is 24.0 Å². The Kier molecular flexibility index (Phi) is 4.41. The van der Waals surface area contributed by atoms with Gasteiger partial charge in [-0.25, -0.2) is 0 Å². The van der Waals surface area contributed by atoms with Gasteiger partial charge in [0.2, 0.25) is 0 Å². The highest BCUT2D eigenvalue weighted by Gasteiger charge is 2.28. The Morgan fingerprint density at radius 3 is 2.78 bits per heavy atom. The average molecular weight is 246 g/mol. The third kappa shape index (κ3) is 2.93. The molecule has 1 fully saturated rings. The Balaban J connectivity index is 2.18. The first-order chi connectivity index (χ1) is 8.61. The Bertz CT molecular complexity index is 388. The monoisotopic (exact) mass is 246 g/mol. The van der Waals surface area contributed by atoms with E-state index in [0.717, 1.165) is 5.92 Å². The molecule has 1 aliphatic rings. The molecule has 0 saturated carbocycles. The summed E-state index contributed by atoms with van der Waals surface area (Å²) in [6, 6.07) is 9.82. The van der Waals surface area contributed by atoms with Gasteiger partial charge in [-0.2, -0.15) is 0 Å². The van der Waals surface area contributed by atoms with Gasteiger partial charge in [-0.3, -0.25) is 4.90 Å². The molecule has 0 aliphatic carbocycles. The van der Waals surface area contributed by atoms with Crippen molar-refractivity contribution in [2.75, 3.05) is 13.1 Å². The van der Waals surface area contributed by atoms with Crippen molar-refractivity contribution < 1.29 is 0 Å². The predicted octanol–water partition coefficient (Wildman–Crippen LogP) is 3.12. The maximum atomic E-state index is 6.04. The van der Waals surface area contributed by atoms with Crippen molar-refractivity contribution in [1.82, 2.24) is 4.90 Å². The highest BCUT2D eigenvalue weighted by atomic mass is 15.2. The highest BCUT2D eigenvalue weighted by Crippen LogP contribution is 2.30. The predicted molar refractivity (Wildman–Crippen MR) is 77.5 cm³/mol. The summed E-state index contributed by atoms with van der Waals surface area (Å²) in [6.07, 6.45) is 2.59. The van der Waals surface area contributed by atoms with Gasteiger partial charge in [0, 0.05) is 18.6 Å². The topological polar surface area (TPSA) is 29.3 Å². The van der Waals surface area contributed by atoms with Gasteiger partial charge in [-0.1, -0.05) is 36.8 Å². The van der Waals surface area contributed by atoms with Crippen LogP contribution < -0.4 is 5.73 Å². The van der Waals surface area contributed by atoms with Crippen LogP contribution in [0.3, 0.4) is 0 Å². The second-order valence-corrected chi connectivity index (χ2v) is 5.88. The second-order valence-electron chi connectivity index (χ2n) is 5.88. The molecule has 3 atom stereocenters. The van der Waals surface area contributed by atoms with Crippen LogP contribution in [0.4, 0.5) is 0 Å². The van der Waals surface area contributed by atoms with Crippen molar-refractivity contribution >= 4 is 0 Å². The van der Waals surface area contributed by atoms with Crippen molar-refractivity contribution in [3.63, 3.8) is 0 Å². The molecule has 2 nitrogen and oxygen atoms in total. The van der Waals surface area contributed by atoms with E-state index in [1.54, 1.807) is 0 Å². The fourth-order valence-corrected chi connectivity index (χ4v) is 3.23. The van der Waals surface area contributed by atoms with Crippen LogP contribution >= 0.6 is 0 Å². The number of hydrogen-bond acceptors (Lipinski definition) is 2. The highest BCUT2D eigenvalue weighted by molar-refractivity contribution is 5.25. The summed E-state index contributed by atoms with van der Waals surface area (Å²) < 4.78 is 0. The van der Waals surface area contributed by atoms with Gasteiger partial charge in [0.1, 0.15) is 0 Å².